The van der Waals surface area contributed by atoms with Crippen LogP contribution in [0.5, 0.6) is 0 Å². The summed E-state index contributed by atoms with van der Waals surface area (Å²) in [6, 6.07) is 8.73. The molecule has 0 unspecified atom stereocenters. The summed E-state index contributed by atoms with van der Waals surface area (Å²) in [4.78, 5) is 40.7. The Labute approximate surface area is 96.4 Å². The summed E-state index contributed by atoms with van der Waals surface area (Å²) in [6.45, 7) is 0. The molecule has 0 heterocycles. The van der Waals surface area contributed by atoms with E-state index in [9.17, 15) is 14.4 Å². The van der Waals surface area contributed by atoms with Gasteiger partial charge in [-0.25, -0.2) is 14.4 Å². The van der Waals surface area contributed by atoms with Crippen LogP contribution in [0.25, 0.3) is 0 Å². The average Bonchev–Trinajstić information content (AvgIpc) is 2.31. The number of aliphatic imine (C=N–C) groups is 3. The monoisotopic (exact) mass is 229 g/mol. The Morgan fingerprint density at radius 1 is 0.882 bits per heavy atom. The molecule has 0 atom stereocenters. The van der Waals surface area contributed by atoms with Crippen LogP contribution >= 0.6 is 0 Å². The highest BCUT2D eigenvalue weighted by Crippen LogP contribution is 2.20. The Morgan fingerprint density at radius 2 is 1.35 bits per heavy atom. The molecule has 0 amide bonds. The maximum absolute atomic E-state index is 10.3. The van der Waals surface area contributed by atoms with Crippen LogP contribution < -0.4 is 0 Å². The van der Waals surface area contributed by atoms with Gasteiger partial charge in [0.25, 0.3) is 5.79 Å². The maximum Gasteiger partial charge on any atom is 0.281 e. The minimum atomic E-state index is -1.84. The standard InChI is InChI=1S/C11H7N3O3/c15-7-12-11(13-8-16,14-9-17)6-10-4-2-1-3-5-10/h1-5H,6H2. The molecule has 1 aromatic carbocycles. The van der Waals surface area contributed by atoms with Gasteiger partial charge in [-0.05, 0) is 5.56 Å². The molecule has 0 aromatic heterocycles. The van der Waals surface area contributed by atoms with E-state index in [1.54, 1.807) is 30.3 Å². The highest BCUT2D eigenvalue weighted by Gasteiger charge is 2.29. The third-order valence-electron chi connectivity index (χ3n) is 1.96. The molecule has 0 aliphatic heterocycles. The van der Waals surface area contributed by atoms with Crippen LogP contribution in [0, 0.1) is 0 Å². The summed E-state index contributed by atoms with van der Waals surface area (Å²) >= 11 is 0. The molecule has 1 aromatic rings. The van der Waals surface area contributed by atoms with E-state index in [2.05, 4.69) is 15.0 Å². The first-order valence-corrected chi connectivity index (χ1v) is 4.57. The maximum atomic E-state index is 10.3. The SMILES string of the molecule is O=C=NC(Cc1ccccc1)(N=C=O)N=C=O. The Balaban J connectivity index is 3.18. The van der Waals surface area contributed by atoms with E-state index in [-0.39, 0.29) is 6.42 Å². The second-order valence-corrected chi connectivity index (χ2v) is 3.05. The third-order valence-corrected chi connectivity index (χ3v) is 1.96. The van der Waals surface area contributed by atoms with Crippen molar-refractivity contribution in [2.24, 2.45) is 15.0 Å². The van der Waals surface area contributed by atoms with Crippen molar-refractivity contribution in [2.75, 3.05) is 0 Å². The van der Waals surface area contributed by atoms with Gasteiger partial charge in [0, 0.05) is 6.42 Å². The molecule has 0 saturated heterocycles. The van der Waals surface area contributed by atoms with Crippen molar-refractivity contribution in [3.8, 4) is 0 Å². The second-order valence-electron chi connectivity index (χ2n) is 3.05. The van der Waals surface area contributed by atoms with Crippen LogP contribution in [0.3, 0.4) is 0 Å². The van der Waals surface area contributed by atoms with E-state index in [0.29, 0.717) is 5.56 Å². The predicted octanol–water partition coefficient (Wildman–Crippen LogP) is 0.890. The number of isocyanates is 3. The van der Waals surface area contributed by atoms with E-state index in [1.165, 1.54) is 18.2 Å². The molecule has 0 N–H and O–H groups in total. The molecule has 6 nitrogen and oxygen atoms in total. The summed E-state index contributed by atoms with van der Waals surface area (Å²) in [5.74, 6) is -1.84. The van der Waals surface area contributed by atoms with Gasteiger partial charge in [0.15, 0.2) is 0 Å². The lowest BCUT2D eigenvalue weighted by atomic mass is 10.1. The first kappa shape index (κ1) is 12.4. The average molecular weight is 229 g/mol. The van der Waals surface area contributed by atoms with Gasteiger partial charge in [-0.15, -0.1) is 15.0 Å². The van der Waals surface area contributed by atoms with Gasteiger partial charge in [-0.2, -0.15) is 0 Å². The van der Waals surface area contributed by atoms with E-state index in [4.69, 9.17) is 0 Å². The van der Waals surface area contributed by atoms with Crippen LogP contribution in [0.15, 0.2) is 45.3 Å². The fourth-order valence-electron chi connectivity index (χ4n) is 1.28. The molecule has 0 fully saturated rings. The van der Waals surface area contributed by atoms with Crippen molar-refractivity contribution < 1.29 is 14.4 Å². The van der Waals surface area contributed by atoms with Crippen molar-refractivity contribution in [3.63, 3.8) is 0 Å². The smallest absolute Gasteiger partial charge is 0.211 e. The van der Waals surface area contributed by atoms with Gasteiger partial charge >= 0.3 is 0 Å². The highest BCUT2D eigenvalue weighted by molar-refractivity contribution is 5.43. The van der Waals surface area contributed by atoms with E-state index < -0.39 is 5.79 Å². The van der Waals surface area contributed by atoms with Gasteiger partial charge in [0.05, 0.1) is 0 Å². The molecule has 0 bridgehead atoms. The van der Waals surface area contributed by atoms with E-state index in [1.807, 2.05) is 0 Å². The molecule has 0 saturated carbocycles. The van der Waals surface area contributed by atoms with Gasteiger partial charge in [-0.3, -0.25) is 0 Å². The van der Waals surface area contributed by atoms with Gasteiger partial charge in [0.1, 0.15) is 0 Å². The number of hydrogen-bond donors (Lipinski definition) is 0. The Hall–Kier alpha value is -2.64. The minimum Gasteiger partial charge on any atom is -0.211 e. The first-order valence-electron chi connectivity index (χ1n) is 4.57. The zero-order chi connectivity index (χ0) is 12.6. The Morgan fingerprint density at radius 3 is 1.76 bits per heavy atom. The lowest BCUT2D eigenvalue weighted by Gasteiger charge is -2.14. The lowest BCUT2D eigenvalue weighted by Crippen LogP contribution is -2.24. The largest absolute Gasteiger partial charge is 0.281 e. The topological polar surface area (TPSA) is 88.3 Å². The quantitative estimate of drug-likeness (QED) is 0.554. The number of rotatable bonds is 5. The fourth-order valence-corrected chi connectivity index (χ4v) is 1.28. The Kier molecular flexibility index (Phi) is 4.43. The van der Waals surface area contributed by atoms with Crippen LogP contribution in [0.1, 0.15) is 5.56 Å². The van der Waals surface area contributed by atoms with Crippen LogP contribution in [0.4, 0.5) is 0 Å². The molecular weight excluding hydrogens is 222 g/mol. The number of benzene rings is 1. The molecule has 17 heavy (non-hydrogen) atoms. The zero-order valence-corrected chi connectivity index (χ0v) is 8.66. The summed E-state index contributed by atoms with van der Waals surface area (Å²) in [6.07, 6.45) is 3.66. The number of carbonyl (C=O) groups excluding carboxylic acids is 3. The predicted molar refractivity (Wildman–Crippen MR) is 57.2 cm³/mol. The summed E-state index contributed by atoms with van der Waals surface area (Å²) in [5.41, 5.74) is 0.699. The van der Waals surface area contributed by atoms with Crippen molar-refractivity contribution in [1.82, 2.24) is 0 Å². The van der Waals surface area contributed by atoms with Crippen LogP contribution in [-0.4, -0.2) is 24.0 Å². The number of hydrogen-bond acceptors (Lipinski definition) is 6. The summed E-state index contributed by atoms with van der Waals surface area (Å²) < 4.78 is 0. The molecular formula is C11H7N3O3. The lowest BCUT2D eigenvalue weighted by molar-refractivity contribution is 0.446. The second kappa shape index (κ2) is 6.05. The first-order chi connectivity index (χ1) is 8.26. The minimum absolute atomic E-state index is 0.0203. The number of nitrogens with zero attached hydrogens (tertiary/aromatic N) is 3. The zero-order valence-electron chi connectivity index (χ0n) is 8.66. The van der Waals surface area contributed by atoms with Crippen molar-refractivity contribution in [2.45, 2.75) is 12.2 Å². The molecule has 1 rings (SSSR count). The molecule has 0 aliphatic carbocycles. The Bertz CT molecular complexity index is 477. The summed E-state index contributed by atoms with van der Waals surface area (Å²) in [7, 11) is 0. The van der Waals surface area contributed by atoms with E-state index >= 15 is 0 Å². The van der Waals surface area contributed by atoms with Crippen LogP contribution in [0.2, 0.25) is 0 Å². The van der Waals surface area contributed by atoms with Gasteiger partial charge in [0.2, 0.25) is 18.2 Å². The van der Waals surface area contributed by atoms with Gasteiger partial charge in [-0.1, -0.05) is 30.3 Å². The molecule has 84 valence electrons. The summed E-state index contributed by atoms with van der Waals surface area (Å²) in [5, 5.41) is 0. The molecule has 0 aliphatic rings. The van der Waals surface area contributed by atoms with Crippen LogP contribution in [-0.2, 0) is 20.8 Å². The van der Waals surface area contributed by atoms with Crippen molar-refractivity contribution in [3.05, 3.63) is 35.9 Å². The third kappa shape index (κ3) is 3.45. The molecule has 0 spiro atoms. The normalized spacial score (nSPS) is 12.2. The fraction of sp³-hybridized carbons (Fsp3) is 0.182. The molecule has 6 heteroatoms. The van der Waals surface area contributed by atoms with Crippen molar-refractivity contribution in [1.29, 1.82) is 0 Å². The van der Waals surface area contributed by atoms with Crippen molar-refractivity contribution >= 4 is 18.2 Å². The van der Waals surface area contributed by atoms with E-state index in [0.717, 1.165) is 0 Å². The molecule has 0 radical (unpaired) electrons. The van der Waals surface area contributed by atoms with Gasteiger partial charge < -0.3 is 0 Å². The highest BCUT2D eigenvalue weighted by atomic mass is 16.1.